The number of nitrogens with zero attached hydrogens (tertiary/aromatic N) is 2. The van der Waals surface area contributed by atoms with Gasteiger partial charge in [-0.3, -0.25) is 20.4 Å². The predicted octanol–water partition coefficient (Wildman–Crippen LogP) is 3.02. The molecule has 2 N–H and O–H groups in total. The topological polar surface area (TPSA) is 86.9 Å². The van der Waals surface area contributed by atoms with Crippen LogP contribution in [-0.2, 0) is 11.3 Å². The Kier molecular flexibility index (Phi) is 6.50. The van der Waals surface area contributed by atoms with Crippen molar-refractivity contribution in [3.63, 3.8) is 0 Å². The van der Waals surface area contributed by atoms with Crippen LogP contribution in [-0.4, -0.2) is 16.4 Å². The first-order valence-corrected chi connectivity index (χ1v) is 8.52. The second kappa shape index (κ2) is 8.81. The van der Waals surface area contributed by atoms with Crippen LogP contribution in [0.1, 0.15) is 40.7 Å². The first-order valence-electron chi connectivity index (χ1n) is 8.52. The highest BCUT2D eigenvalue weighted by Crippen LogP contribution is 2.18. The Morgan fingerprint density at radius 1 is 1.22 bits per heavy atom. The summed E-state index contributed by atoms with van der Waals surface area (Å²) in [6.45, 7) is 6.83. The molecule has 0 radical (unpaired) electrons. The maximum Gasteiger partial charge on any atom is 0.280 e. The summed E-state index contributed by atoms with van der Waals surface area (Å²) in [7, 11) is 0. The van der Waals surface area contributed by atoms with E-state index in [-0.39, 0.29) is 11.1 Å². The van der Waals surface area contributed by atoms with Gasteiger partial charge in [0.25, 0.3) is 11.8 Å². The minimum Gasteiger partial charge on any atom is -0.349 e. The molecule has 1 heterocycles. The lowest BCUT2D eigenvalue weighted by Gasteiger charge is -2.08. The molecule has 0 aliphatic heterocycles. The molecule has 6 nitrogen and oxygen atoms in total. The van der Waals surface area contributed by atoms with E-state index in [0.29, 0.717) is 0 Å². The lowest BCUT2D eigenvalue weighted by molar-refractivity contribution is -0.117. The molecule has 0 saturated carbocycles. The molecule has 0 saturated heterocycles. The minimum absolute atomic E-state index is 0.133. The average molecular weight is 368 g/mol. The summed E-state index contributed by atoms with van der Waals surface area (Å²) in [6, 6.07) is 8.63. The molecular formula is C20H21FN4O2. The van der Waals surface area contributed by atoms with E-state index in [9.17, 15) is 19.2 Å². The summed E-state index contributed by atoms with van der Waals surface area (Å²) >= 11 is 0. The summed E-state index contributed by atoms with van der Waals surface area (Å²) in [5, 5.41) is 9.30. The molecule has 0 aliphatic rings. The van der Waals surface area contributed by atoms with Gasteiger partial charge in [-0.1, -0.05) is 6.92 Å². The molecule has 140 valence electrons. The highest BCUT2D eigenvalue weighted by molar-refractivity contribution is 6.03. The van der Waals surface area contributed by atoms with E-state index in [1.807, 2.05) is 26.0 Å². The zero-order chi connectivity index (χ0) is 20.0. The number of hydrogen-bond donors (Lipinski definition) is 2. The zero-order valence-electron chi connectivity index (χ0n) is 15.5. The van der Waals surface area contributed by atoms with Crippen molar-refractivity contribution in [2.75, 3.05) is 0 Å². The first-order chi connectivity index (χ1) is 12.9. The van der Waals surface area contributed by atoms with E-state index in [1.165, 1.54) is 18.2 Å². The third kappa shape index (κ3) is 4.82. The van der Waals surface area contributed by atoms with Gasteiger partial charge in [-0.05, 0) is 62.2 Å². The molecule has 2 amide bonds. The van der Waals surface area contributed by atoms with Crippen molar-refractivity contribution in [1.29, 1.82) is 5.26 Å². The fraction of sp³-hybridized carbons (Fsp3) is 0.250. The highest BCUT2D eigenvalue weighted by atomic mass is 19.1. The minimum atomic E-state index is -0.728. The number of hydrogen-bond acceptors (Lipinski definition) is 3. The fourth-order valence-electron chi connectivity index (χ4n) is 2.70. The number of carbonyl (C=O) groups excluding carboxylic acids is 2. The average Bonchev–Trinajstić information content (AvgIpc) is 2.92. The van der Waals surface area contributed by atoms with Crippen LogP contribution in [0, 0.1) is 31.0 Å². The summed E-state index contributed by atoms with van der Waals surface area (Å²) in [5.41, 5.74) is 7.25. The largest absolute Gasteiger partial charge is 0.349 e. The second-order valence-electron chi connectivity index (χ2n) is 6.06. The molecule has 0 aliphatic carbocycles. The van der Waals surface area contributed by atoms with Crippen LogP contribution in [0.15, 0.2) is 35.9 Å². The third-order valence-corrected chi connectivity index (χ3v) is 4.12. The molecule has 0 fully saturated rings. The molecule has 0 spiro atoms. The van der Waals surface area contributed by atoms with Gasteiger partial charge in [0.15, 0.2) is 0 Å². The van der Waals surface area contributed by atoms with Gasteiger partial charge in [0.2, 0.25) is 0 Å². The van der Waals surface area contributed by atoms with Crippen LogP contribution >= 0.6 is 0 Å². The predicted molar refractivity (Wildman–Crippen MR) is 99.8 cm³/mol. The monoisotopic (exact) mass is 368 g/mol. The Balaban J connectivity index is 2.11. The van der Waals surface area contributed by atoms with Crippen LogP contribution in [0.3, 0.4) is 0 Å². The molecule has 0 unspecified atom stereocenters. The number of benzene rings is 1. The van der Waals surface area contributed by atoms with E-state index in [0.717, 1.165) is 42.0 Å². The Morgan fingerprint density at radius 3 is 2.48 bits per heavy atom. The standard InChI is InChI=1S/C20H21FN4O2/c1-4-9-25-13(2)10-16(14(25)3)11-17(12-22)20(27)24-23-19(26)15-5-7-18(21)8-6-15/h5-8,10-11H,4,9H2,1-3H3,(H,23,26)(H,24,27)/b17-11-. The van der Waals surface area contributed by atoms with E-state index in [1.54, 1.807) is 0 Å². The lowest BCUT2D eigenvalue weighted by Crippen LogP contribution is -2.42. The van der Waals surface area contributed by atoms with Crippen LogP contribution < -0.4 is 10.9 Å². The van der Waals surface area contributed by atoms with Gasteiger partial charge in [0, 0.05) is 23.5 Å². The van der Waals surface area contributed by atoms with Crippen LogP contribution in [0.25, 0.3) is 6.08 Å². The van der Waals surface area contributed by atoms with Gasteiger partial charge in [-0.15, -0.1) is 0 Å². The summed E-state index contributed by atoms with van der Waals surface area (Å²) in [5.74, 6) is -1.80. The fourth-order valence-corrected chi connectivity index (χ4v) is 2.70. The number of halogens is 1. The summed E-state index contributed by atoms with van der Waals surface area (Å²) < 4.78 is 15.0. The Labute approximate surface area is 157 Å². The number of amides is 2. The van der Waals surface area contributed by atoms with Crippen molar-refractivity contribution in [2.24, 2.45) is 0 Å². The molecule has 2 aromatic rings. The number of rotatable bonds is 5. The number of nitrogens with one attached hydrogen (secondary N) is 2. The third-order valence-electron chi connectivity index (χ3n) is 4.12. The van der Waals surface area contributed by atoms with Crippen molar-refractivity contribution in [3.8, 4) is 6.07 Å². The van der Waals surface area contributed by atoms with Crippen LogP contribution in [0.2, 0.25) is 0 Å². The SMILES string of the molecule is CCCn1c(C)cc(/C=C(/C#N)C(=O)NNC(=O)c2ccc(F)cc2)c1C. The van der Waals surface area contributed by atoms with E-state index < -0.39 is 17.6 Å². The maximum absolute atomic E-state index is 12.9. The number of carbonyl (C=O) groups is 2. The molecule has 1 aromatic heterocycles. The molecule has 7 heteroatoms. The highest BCUT2D eigenvalue weighted by Gasteiger charge is 2.14. The molecule has 0 atom stereocenters. The quantitative estimate of drug-likeness (QED) is 0.483. The van der Waals surface area contributed by atoms with E-state index in [2.05, 4.69) is 22.3 Å². The zero-order valence-corrected chi connectivity index (χ0v) is 15.5. The van der Waals surface area contributed by atoms with Gasteiger partial charge >= 0.3 is 0 Å². The van der Waals surface area contributed by atoms with Crippen molar-refractivity contribution in [1.82, 2.24) is 15.4 Å². The Morgan fingerprint density at radius 2 is 1.89 bits per heavy atom. The van der Waals surface area contributed by atoms with Gasteiger partial charge in [-0.25, -0.2) is 4.39 Å². The van der Waals surface area contributed by atoms with Gasteiger partial charge in [0.1, 0.15) is 17.5 Å². The van der Waals surface area contributed by atoms with Crippen molar-refractivity contribution >= 4 is 17.9 Å². The second-order valence-corrected chi connectivity index (χ2v) is 6.06. The maximum atomic E-state index is 12.9. The molecular weight excluding hydrogens is 347 g/mol. The Hall–Kier alpha value is -3.40. The van der Waals surface area contributed by atoms with Crippen LogP contribution in [0.5, 0.6) is 0 Å². The summed E-state index contributed by atoms with van der Waals surface area (Å²) in [4.78, 5) is 24.2. The van der Waals surface area contributed by atoms with E-state index >= 15 is 0 Å². The van der Waals surface area contributed by atoms with Gasteiger partial charge < -0.3 is 4.57 Å². The normalized spacial score (nSPS) is 11.0. The van der Waals surface area contributed by atoms with Crippen molar-refractivity contribution in [3.05, 3.63) is 64.2 Å². The first kappa shape index (κ1) is 19.9. The number of aromatic nitrogens is 1. The Bertz CT molecular complexity index is 921. The summed E-state index contributed by atoms with van der Waals surface area (Å²) in [6.07, 6.45) is 2.47. The van der Waals surface area contributed by atoms with Crippen molar-refractivity contribution in [2.45, 2.75) is 33.7 Å². The van der Waals surface area contributed by atoms with Gasteiger partial charge in [-0.2, -0.15) is 5.26 Å². The number of hydrazine groups is 1. The van der Waals surface area contributed by atoms with Crippen LogP contribution in [0.4, 0.5) is 4.39 Å². The molecule has 0 bridgehead atoms. The number of aryl methyl sites for hydroxylation is 1. The number of nitriles is 1. The smallest absolute Gasteiger partial charge is 0.280 e. The van der Waals surface area contributed by atoms with E-state index in [4.69, 9.17) is 0 Å². The molecule has 1 aromatic carbocycles. The molecule has 2 rings (SSSR count). The molecule has 27 heavy (non-hydrogen) atoms. The lowest BCUT2D eigenvalue weighted by atomic mass is 10.1. The van der Waals surface area contributed by atoms with Crippen molar-refractivity contribution < 1.29 is 14.0 Å². The van der Waals surface area contributed by atoms with Gasteiger partial charge in [0.05, 0.1) is 0 Å².